The van der Waals surface area contributed by atoms with E-state index in [9.17, 15) is 4.79 Å². The van der Waals surface area contributed by atoms with E-state index >= 15 is 0 Å². The molecule has 0 aliphatic carbocycles. The molecule has 8 nitrogen and oxygen atoms in total. The van der Waals surface area contributed by atoms with Crippen molar-refractivity contribution in [1.82, 2.24) is 15.2 Å². The molecule has 0 unspecified atom stereocenters. The molecule has 3 aromatic heterocycles. The van der Waals surface area contributed by atoms with Crippen LogP contribution in [0.3, 0.4) is 0 Å². The van der Waals surface area contributed by atoms with Crippen LogP contribution in [0.5, 0.6) is 0 Å². The third-order valence-corrected chi connectivity index (χ3v) is 5.26. The summed E-state index contributed by atoms with van der Waals surface area (Å²) in [5, 5.41) is 14.8. The lowest BCUT2D eigenvalue weighted by Gasteiger charge is -2.36. The molecule has 0 saturated carbocycles. The third-order valence-electron chi connectivity index (χ3n) is 4.58. The second-order valence-electron chi connectivity index (χ2n) is 7.13. The maximum Gasteiger partial charge on any atom is 0.248 e. The minimum absolute atomic E-state index is 0.122. The van der Waals surface area contributed by atoms with Gasteiger partial charge in [0.25, 0.3) is 0 Å². The first-order valence-corrected chi connectivity index (χ1v) is 10.5. The summed E-state index contributed by atoms with van der Waals surface area (Å²) >= 11 is 1.57. The van der Waals surface area contributed by atoms with Gasteiger partial charge >= 0.3 is 0 Å². The molecule has 1 saturated heterocycles. The second-order valence-corrected chi connectivity index (χ2v) is 7.91. The smallest absolute Gasteiger partial charge is 0.248 e. The van der Waals surface area contributed by atoms with Gasteiger partial charge in [0.15, 0.2) is 0 Å². The van der Waals surface area contributed by atoms with Crippen LogP contribution in [0.4, 0.5) is 11.5 Å². The monoisotopic (exact) mass is 413 g/mol. The summed E-state index contributed by atoms with van der Waals surface area (Å²) in [5.74, 6) is 1.69. The lowest BCUT2D eigenvalue weighted by Crippen LogP contribution is -2.45. The van der Waals surface area contributed by atoms with E-state index in [4.69, 9.17) is 9.15 Å². The predicted molar refractivity (Wildman–Crippen MR) is 111 cm³/mol. The number of aromatic nitrogens is 3. The Labute approximate surface area is 172 Å². The van der Waals surface area contributed by atoms with Crippen LogP contribution in [0, 0.1) is 0 Å². The number of hydrogen-bond donors (Lipinski definition) is 1. The van der Waals surface area contributed by atoms with Crippen LogP contribution in [0.25, 0.3) is 11.5 Å². The van der Waals surface area contributed by atoms with Crippen molar-refractivity contribution >= 4 is 28.7 Å². The molecule has 0 aromatic carbocycles. The summed E-state index contributed by atoms with van der Waals surface area (Å²) in [6.45, 7) is 5.73. The standard InChI is InChI=1S/C20H23N5O3S/c1-13-10-25(11-14(2)27-13)17-4-3-16(9-21-17)22-18(26)5-6-19-23-24-20(28-19)15-7-8-29-12-15/h3-4,7-9,12-14H,5-6,10-11H2,1-2H3,(H,22,26)/t13-,14-/m0/s1. The Balaban J connectivity index is 1.28. The Hall–Kier alpha value is -2.78. The lowest BCUT2D eigenvalue weighted by atomic mass is 10.2. The fraction of sp³-hybridized carbons (Fsp3) is 0.400. The van der Waals surface area contributed by atoms with Crippen LogP contribution < -0.4 is 10.2 Å². The first-order chi connectivity index (χ1) is 14.1. The normalized spacial score (nSPS) is 19.3. The molecule has 0 radical (unpaired) electrons. The molecule has 2 atom stereocenters. The van der Waals surface area contributed by atoms with E-state index in [1.807, 2.05) is 29.0 Å². The average molecular weight is 414 g/mol. The van der Waals surface area contributed by atoms with Crippen molar-refractivity contribution in [2.45, 2.75) is 38.9 Å². The van der Waals surface area contributed by atoms with E-state index in [2.05, 4.69) is 39.2 Å². The van der Waals surface area contributed by atoms with Crippen molar-refractivity contribution in [3.63, 3.8) is 0 Å². The van der Waals surface area contributed by atoms with Crippen molar-refractivity contribution in [2.75, 3.05) is 23.3 Å². The first kappa shape index (κ1) is 19.5. The van der Waals surface area contributed by atoms with E-state index in [1.54, 1.807) is 17.5 Å². The van der Waals surface area contributed by atoms with Crippen LogP contribution in [0.2, 0.25) is 0 Å². The number of thiophene rings is 1. The molecule has 4 rings (SSSR count). The number of pyridine rings is 1. The van der Waals surface area contributed by atoms with E-state index in [0.29, 0.717) is 23.9 Å². The van der Waals surface area contributed by atoms with E-state index in [-0.39, 0.29) is 24.5 Å². The van der Waals surface area contributed by atoms with Gasteiger partial charge in [0.1, 0.15) is 5.82 Å². The quantitative estimate of drug-likeness (QED) is 0.662. The molecule has 9 heteroatoms. The van der Waals surface area contributed by atoms with E-state index in [0.717, 1.165) is 24.5 Å². The zero-order valence-electron chi connectivity index (χ0n) is 16.4. The van der Waals surface area contributed by atoms with Crippen LogP contribution in [0.15, 0.2) is 39.6 Å². The Morgan fingerprint density at radius 1 is 1.24 bits per heavy atom. The highest BCUT2D eigenvalue weighted by Gasteiger charge is 2.23. The minimum atomic E-state index is -0.122. The van der Waals surface area contributed by atoms with Crippen LogP contribution in [-0.2, 0) is 16.0 Å². The number of nitrogens with one attached hydrogen (secondary N) is 1. The van der Waals surface area contributed by atoms with Gasteiger partial charge in [-0.05, 0) is 37.4 Å². The maximum absolute atomic E-state index is 12.2. The van der Waals surface area contributed by atoms with Gasteiger partial charge in [-0.15, -0.1) is 10.2 Å². The van der Waals surface area contributed by atoms with Gasteiger partial charge in [-0.25, -0.2) is 4.98 Å². The van der Waals surface area contributed by atoms with E-state index < -0.39 is 0 Å². The second kappa shape index (κ2) is 8.71. The zero-order valence-corrected chi connectivity index (χ0v) is 17.2. The molecular formula is C20H23N5O3S. The minimum Gasteiger partial charge on any atom is -0.421 e. The van der Waals surface area contributed by atoms with Gasteiger partial charge in [-0.1, -0.05) is 0 Å². The molecule has 1 N–H and O–H groups in total. The van der Waals surface area contributed by atoms with Gasteiger partial charge in [0.05, 0.1) is 24.1 Å². The predicted octanol–water partition coefficient (Wildman–Crippen LogP) is 3.38. The molecule has 152 valence electrons. The molecule has 0 spiro atoms. The van der Waals surface area contributed by atoms with Gasteiger partial charge < -0.3 is 19.4 Å². The third kappa shape index (κ3) is 4.99. The fourth-order valence-corrected chi connectivity index (χ4v) is 3.94. The maximum atomic E-state index is 12.2. The fourth-order valence-electron chi connectivity index (χ4n) is 3.31. The van der Waals surface area contributed by atoms with Gasteiger partial charge in [-0.2, -0.15) is 11.3 Å². The van der Waals surface area contributed by atoms with Crippen molar-refractivity contribution in [2.24, 2.45) is 0 Å². The number of hydrogen-bond acceptors (Lipinski definition) is 8. The Morgan fingerprint density at radius 3 is 2.76 bits per heavy atom. The Bertz CT molecular complexity index is 931. The summed E-state index contributed by atoms with van der Waals surface area (Å²) in [6.07, 6.45) is 2.66. The number of morpholine rings is 1. The number of rotatable bonds is 6. The number of nitrogens with zero attached hydrogens (tertiary/aromatic N) is 4. The first-order valence-electron chi connectivity index (χ1n) is 9.58. The summed E-state index contributed by atoms with van der Waals surface area (Å²) in [6, 6.07) is 5.71. The van der Waals surface area contributed by atoms with E-state index in [1.165, 1.54) is 0 Å². The molecule has 1 amide bonds. The number of anilines is 2. The van der Waals surface area contributed by atoms with Crippen molar-refractivity contribution in [3.05, 3.63) is 41.0 Å². The Morgan fingerprint density at radius 2 is 2.07 bits per heavy atom. The number of carbonyl (C=O) groups is 1. The van der Waals surface area contributed by atoms with Gasteiger partial charge in [-0.3, -0.25) is 4.79 Å². The number of aryl methyl sites for hydroxylation is 1. The highest BCUT2D eigenvalue weighted by molar-refractivity contribution is 7.08. The summed E-state index contributed by atoms with van der Waals surface area (Å²) in [7, 11) is 0. The van der Waals surface area contributed by atoms with Gasteiger partial charge in [0.2, 0.25) is 17.7 Å². The molecular weight excluding hydrogens is 390 g/mol. The SMILES string of the molecule is C[C@H]1CN(c2ccc(NC(=O)CCc3nnc(-c4ccsc4)o3)cn2)C[C@H](C)O1. The van der Waals surface area contributed by atoms with Crippen molar-refractivity contribution in [3.8, 4) is 11.5 Å². The van der Waals surface area contributed by atoms with Crippen LogP contribution in [-0.4, -0.2) is 46.4 Å². The molecule has 1 fully saturated rings. The van der Waals surface area contributed by atoms with Crippen LogP contribution >= 0.6 is 11.3 Å². The van der Waals surface area contributed by atoms with Gasteiger partial charge in [0, 0.05) is 36.9 Å². The highest BCUT2D eigenvalue weighted by atomic mass is 32.1. The number of carbonyl (C=O) groups excluding carboxylic acids is 1. The largest absolute Gasteiger partial charge is 0.421 e. The van der Waals surface area contributed by atoms with Crippen molar-refractivity contribution < 1.29 is 13.9 Å². The highest BCUT2D eigenvalue weighted by Crippen LogP contribution is 2.22. The number of ether oxygens (including phenoxy) is 1. The Kier molecular flexibility index (Phi) is 5.86. The molecule has 0 bridgehead atoms. The molecule has 3 aromatic rings. The summed E-state index contributed by atoms with van der Waals surface area (Å²) < 4.78 is 11.4. The molecule has 4 heterocycles. The topological polar surface area (TPSA) is 93.4 Å². The zero-order chi connectivity index (χ0) is 20.2. The van der Waals surface area contributed by atoms with Crippen LogP contribution in [0.1, 0.15) is 26.2 Å². The average Bonchev–Trinajstić information content (AvgIpc) is 3.38. The number of amides is 1. The van der Waals surface area contributed by atoms with Crippen molar-refractivity contribution in [1.29, 1.82) is 0 Å². The summed E-state index contributed by atoms with van der Waals surface area (Å²) in [5.41, 5.74) is 1.56. The molecule has 29 heavy (non-hydrogen) atoms. The summed E-state index contributed by atoms with van der Waals surface area (Å²) in [4.78, 5) is 18.9. The molecule has 1 aliphatic rings. The molecule has 1 aliphatic heterocycles. The lowest BCUT2D eigenvalue weighted by molar-refractivity contribution is -0.116.